The Hall–Kier alpha value is -4.82. The van der Waals surface area contributed by atoms with Gasteiger partial charge in [0.2, 0.25) is 5.91 Å². The van der Waals surface area contributed by atoms with Gasteiger partial charge in [-0.05, 0) is 59.3 Å². The number of carbonyl (C=O) groups is 4. The van der Waals surface area contributed by atoms with Crippen LogP contribution >= 0.6 is 0 Å². The first-order chi connectivity index (χ1) is 19.4. The quantitative estimate of drug-likeness (QED) is 0.176. The van der Waals surface area contributed by atoms with Crippen LogP contribution in [0.3, 0.4) is 0 Å². The molecule has 4 aromatic rings. The Bertz CT molecular complexity index is 1530. The molecule has 8 nitrogen and oxygen atoms in total. The Balaban J connectivity index is 1.15. The van der Waals surface area contributed by atoms with Crippen LogP contribution in [0.4, 0.5) is 11.4 Å². The molecule has 1 aliphatic rings. The van der Waals surface area contributed by atoms with E-state index in [1.807, 2.05) is 72.8 Å². The van der Waals surface area contributed by atoms with Crippen LogP contribution in [0.15, 0.2) is 84.9 Å². The Labute approximate surface area is 232 Å². The highest BCUT2D eigenvalue weighted by Crippen LogP contribution is 2.30. The van der Waals surface area contributed by atoms with Crippen molar-refractivity contribution in [3.05, 3.63) is 96.1 Å². The lowest BCUT2D eigenvalue weighted by Crippen LogP contribution is -2.41. The summed E-state index contributed by atoms with van der Waals surface area (Å²) >= 11 is 0. The first kappa shape index (κ1) is 26.8. The number of anilines is 2. The monoisotopic (exact) mass is 534 g/mol. The number of rotatable bonds is 10. The van der Waals surface area contributed by atoms with Gasteiger partial charge < -0.3 is 20.7 Å². The Morgan fingerprint density at radius 3 is 2.05 bits per heavy atom. The van der Waals surface area contributed by atoms with Gasteiger partial charge in [-0.1, -0.05) is 48.5 Å². The third-order valence-electron chi connectivity index (χ3n) is 7.18. The number of amides is 3. The number of nitrogens with zero attached hydrogens (tertiary/aromatic N) is 2. The summed E-state index contributed by atoms with van der Waals surface area (Å²) in [5.41, 5.74) is 10.4. The molecule has 1 unspecified atom stereocenters. The van der Waals surface area contributed by atoms with Crippen LogP contribution in [0.25, 0.3) is 21.9 Å². The van der Waals surface area contributed by atoms with Gasteiger partial charge in [-0.3, -0.25) is 19.3 Å². The summed E-state index contributed by atoms with van der Waals surface area (Å²) in [7, 11) is 1.66. The van der Waals surface area contributed by atoms with E-state index in [1.54, 1.807) is 19.2 Å². The molecule has 1 heterocycles. The molecule has 1 atom stereocenters. The fourth-order valence-corrected chi connectivity index (χ4v) is 4.94. The Morgan fingerprint density at radius 2 is 1.48 bits per heavy atom. The molecule has 0 aliphatic carbocycles. The van der Waals surface area contributed by atoms with Crippen molar-refractivity contribution in [3.63, 3.8) is 0 Å². The number of nitrogens with two attached hydrogens (primary N) is 1. The molecule has 0 saturated carbocycles. The van der Waals surface area contributed by atoms with E-state index in [0.29, 0.717) is 36.9 Å². The van der Waals surface area contributed by atoms with Crippen LogP contribution in [-0.4, -0.2) is 55.1 Å². The Kier molecular flexibility index (Phi) is 7.70. The van der Waals surface area contributed by atoms with Gasteiger partial charge in [0.1, 0.15) is 6.29 Å². The van der Waals surface area contributed by atoms with Crippen molar-refractivity contribution in [1.82, 2.24) is 4.90 Å². The molecular weight excluding hydrogens is 504 g/mol. The maximum Gasteiger partial charge on any atom is 0.261 e. The summed E-state index contributed by atoms with van der Waals surface area (Å²) in [6.07, 6.45) is 1.15. The zero-order valence-corrected chi connectivity index (χ0v) is 22.2. The van der Waals surface area contributed by atoms with Crippen LogP contribution < -0.4 is 16.0 Å². The fraction of sp³-hybridized carbons (Fsp3) is 0.188. The maximum absolute atomic E-state index is 13.0. The van der Waals surface area contributed by atoms with Gasteiger partial charge in [0, 0.05) is 54.4 Å². The summed E-state index contributed by atoms with van der Waals surface area (Å²) in [5, 5.41) is 5.00. The van der Waals surface area contributed by atoms with Gasteiger partial charge in [-0.25, -0.2) is 0 Å². The van der Waals surface area contributed by atoms with Gasteiger partial charge >= 0.3 is 0 Å². The van der Waals surface area contributed by atoms with E-state index in [4.69, 9.17) is 5.73 Å². The van der Waals surface area contributed by atoms with Crippen LogP contribution in [0.5, 0.6) is 0 Å². The van der Waals surface area contributed by atoms with Gasteiger partial charge in [0.05, 0.1) is 6.04 Å². The molecule has 0 aromatic heterocycles. The molecule has 0 bridgehead atoms. The highest BCUT2D eigenvalue weighted by Gasteiger charge is 2.32. The van der Waals surface area contributed by atoms with Crippen molar-refractivity contribution < 1.29 is 19.2 Å². The molecule has 8 heteroatoms. The van der Waals surface area contributed by atoms with Crippen molar-refractivity contribution in [2.24, 2.45) is 5.73 Å². The van der Waals surface area contributed by atoms with Crippen LogP contribution in [0, 0.1) is 0 Å². The highest BCUT2D eigenvalue weighted by molar-refractivity contribution is 6.25. The predicted molar refractivity (Wildman–Crippen MR) is 156 cm³/mol. The van der Waals surface area contributed by atoms with Gasteiger partial charge in [0.25, 0.3) is 11.8 Å². The van der Waals surface area contributed by atoms with Gasteiger partial charge in [0.15, 0.2) is 0 Å². The molecule has 3 N–H and O–H groups in total. The minimum atomic E-state index is -0.802. The lowest BCUT2D eigenvalue weighted by atomic mass is 9.94. The summed E-state index contributed by atoms with van der Waals surface area (Å²) in [6.45, 7) is 0.933. The van der Waals surface area contributed by atoms with Crippen molar-refractivity contribution >= 4 is 46.2 Å². The molecule has 4 aromatic carbocycles. The molecule has 5 rings (SSSR count). The van der Waals surface area contributed by atoms with Crippen molar-refractivity contribution in [1.29, 1.82) is 0 Å². The number of imide groups is 1. The minimum Gasteiger partial charge on any atom is -0.385 e. The topological polar surface area (TPSA) is 113 Å². The molecule has 1 aliphatic heterocycles. The summed E-state index contributed by atoms with van der Waals surface area (Å²) in [6, 6.07) is 25.8. The number of hydrogen-bond donors (Lipinski definition) is 2. The molecule has 0 spiro atoms. The van der Waals surface area contributed by atoms with Crippen LogP contribution in [-0.2, 0) is 9.59 Å². The first-order valence-corrected chi connectivity index (χ1v) is 13.2. The lowest BCUT2D eigenvalue weighted by Gasteiger charge is -2.27. The van der Waals surface area contributed by atoms with E-state index >= 15 is 0 Å². The van der Waals surface area contributed by atoms with E-state index in [9.17, 15) is 19.2 Å². The third kappa shape index (κ3) is 5.34. The van der Waals surface area contributed by atoms with Gasteiger partial charge in [-0.15, -0.1) is 0 Å². The average molecular weight is 535 g/mol. The zero-order valence-electron chi connectivity index (χ0n) is 22.2. The maximum atomic E-state index is 13.0. The lowest BCUT2D eigenvalue weighted by molar-refractivity contribution is -0.120. The molecule has 0 radical (unpaired) electrons. The van der Waals surface area contributed by atoms with E-state index in [2.05, 4.69) is 5.32 Å². The number of aldehydes is 1. The highest BCUT2D eigenvalue weighted by atomic mass is 16.2. The summed E-state index contributed by atoms with van der Waals surface area (Å²) in [4.78, 5) is 51.9. The van der Waals surface area contributed by atoms with E-state index < -0.39 is 6.04 Å². The minimum absolute atomic E-state index is 0.0364. The fourth-order valence-electron chi connectivity index (χ4n) is 4.94. The van der Waals surface area contributed by atoms with Gasteiger partial charge in [-0.2, -0.15) is 0 Å². The van der Waals surface area contributed by atoms with E-state index in [1.165, 1.54) is 9.80 Å². The number of nitrogens with one attached hydrogen (secondary N) is 1. The average Bonchev–Trinajstić information content (AvgIpc) is 2.99. The van der Waals surface area contributed by atoms with Crippen molar-refractivity contribution in [2.45, 2.75) is 18.9 Å². The standard InChI is InChI=1S/C32H30N4O4/c1-35(29(38)19-24(33)20-37)26-15-11-22(12-16-26)21-9-13-25(14-10-21)34-17-4-18-36-31(39)27-7-2-5-23-6-3-8-28(30(23)27)32(36)40/h2-3,5-16,20,24,34H,4,17-19,33H2,1H3. The second-order valence-electron chi connectivity index (χ2n) is 9.83. The summed E-state index contributed by atoms with van der Waals surface area (Å²) < 4.78 is 0. The number of benzene rings is 4. The van der Waals surface area contributed by atoms with Crippen molar-refractivity contribution in [2.75, 3.05) is 30.4 Å². The zero-order chi connectivity index (χ0) is 28.2. The predicted octanol–water partition coefficient (Wildman–Crippen LogP) is 4.48. The molecular formula is C32H30N4O4. The third-order valence-corrected chi connectivity index (χ3v) is 7.18. The SMILES string of the molecule is CN(C(=O)CC(N)C=O)c1ccc(-c2ccc(NCCCN3C(=O)c4cccc5cccc(c45)C3=O)cc2)cc1. The second-order valence-corrected chi connectivity index (χ2v) is 9.83. The van der Waals surface area contributed by atoms with Crippen LogP contribution in [0.2, 0.25) is 0 Å². The molecule has 202 valence electrons. The largest absolute Gasteiger partial charge is 0.385 e. The second kappa shape index (κ2) is 11.5. The first-order valence-electron chi connectivity index (χ1n) is 13.2. The van der Waals surface area contributed by atoms with Crippen LogP contribution in [0.1, 0.15) is 33.6 Å². The molecule has 3 amide bonds. The summed E-state index contributed by atoms with van der Waals surface area (Å²) in [5.74, 6) is -0.714. The molecule has 0 fully saturated rings. The van der Waals surface area contributed by atoms with E-state index in [-0.39, 0.29) is 24.1 Å². The molecule has 40 heavy (non-hydrogen) atoms. The normalized spacial score (nSPS) is 13.3. The Morgan fingerprint density at radius 1 is 0.900 bits per heavy atom. The number of carbonyl (C=O) groups excluding carboxylic acids is 4. The molecule has 0 saturated heterocycles. The smallest absolute Gasteiger partial charge is 0.261 e. The van der Waals surface area contributed by atoms with Crippen molar-refractivity contribution in [3.8, 4) is 11.1 Å². The number of hydrogen-bond acceptors (Lipinski definition) is 6. The van der Waals surface area contributed by atoms with E-state index in [0.717, 1.165) is 33.3 Å².